The molecular formula is C34H40FNO6. The van der Waals surface area contributed by atoms with E-state index in [1.54, 1.807) is 0 Å². The van der Waals surface area contributed by atoms with E-state index in [-0.39, 0.29) is 53.8 Å². The molecule has 1 saturated carbocycles. The van der Waals surface area contributed by atoms with Crippen LogP contribution in [0.15, 0.2) is 54.1 Å². The molecule has 42 heavy (non-hydrogen) atoms. The zero-order chi connectivity index (χ0) is 29.0. The molecule has 7 rings (SSSR count). The van der Waals surface area contributed by atoms with E-state index in [0.717, 1.165) is 44.3 Å². The van der Waals surface area contributed by atoms with E-state index in [1.807, 2.05) is 30.3 Å². The van der Waals surface area contributed by atoms with Crippen LogP contribution in [-0.2, 0) is 9.53 Å². The molecule has 8 unspecified atom stereocenters. The van der Waals surface area contributed by atoms with E-state index >= 15 is 0 Å². The maximum Gasteiger partial charge on any atom is 0.311 e. The fourth-order valence-corrected chi connectivity index (χ4v) is 8.31. The zero-order valence-electron chi connectivity index (χ0n) is 24.3. The number of halogens is 1. The number of carbonyl (C=O) groups is 1. The summed E-state index contributed by atoms with van der Waals surface area (Å²) in [5.41, 5.74) is 2.03. The van der Waals surface area contributed by atoms with Crippen molar-refractivity contribution >= 4 is 5.97 Å². The summed E-state index contributed by atoms with van der Waals surface area (Å²) in [4.78, 5) is 15.6. The van der Waals surface area contributed by atoms with Gasteiger partial charge in [0.25, 0.3) is 0 Å². The second-order valence-corrected chi connectivity index (χ2v) is 13.1. The van der Waals surface area contributed by atoms with Crippen LogP contribution in [0, 0.1) is 34.9 Å². The molecule has 8 heteroatoms. The summed E-state index contributed by atoms with van der Waals surface area (Å²) >= 11 is 0. The third-order valence-electron chi connectivity index (χ3n) is 10.9. The predicted molar refractivity (Wildman–Crippen MR) is 154 cm³/mol. The Kier molecular flexibility index (Phi) is 7.17. The lowest BCUT2D eigenvalue weighted by Crippen LogP contribution is -2.55. The third kappa shape index (κ3) is 4.77. The number of carbonyl (C=O) groups excluding carboxylic acids is 1. The number of benzene rings is 2. The van der Waals surface area contributed by atoms with Gasteiger partial charge in [-0.2, -0.15) is 0 Å². The maximum atomic E-state index is 13.8. The van der Waals surface area contributed by atoms with Gasteiger partial charge in [-0.1, -0.05) is 37.6 Å². The molecule has 3 fully saturated rings. The van der Waals surface area contributed by atoms with Gasteiger partial charge in [-0.15, -0.1) is 0 Å². The van der Waals surface area contributed by atoms with Gasteiger partial charge in [0.1, 0.15) is 17.7 Å². The standard InChI is InChI=1S/C34H40FNO6/c1-20-4-3-5-23-14-30-31(32(37)34(20,23)2)27(33(38)42-30)17-36-13-12-26(21-6-8-24(35)9-7-21)22(16-36)18-39-25-10-11-28-29(15-25)41-19-40-28/h5-11,15,20,22,26-27,30-32,37H,3-4,12-14,16-19H2,1-2H3. The Balaban J connectivity index is 1.09. The molecule has 0 aromatic heterocycles. The third-order valence-corrected chi connectivity index (χ3v) is 10.9. The largest absolute Gasteiger partial charge is 0.493 e. The van der Waals surface area contributed by atoms with Gasteiger partial charge in [-0.05, 0) is 67.5 Å². The average molecular weight is 578 g/mol. The van der Waals surface area contributed by atoms with Gasteiger partial charge >= 0.3 is 5.97 Å². The molecule has 224 valence electrons. The maximum absolute atomic E-state index is 13.8. The van der Waals surface area contributed by atoms with Crippen molar-refractivity contribution < 1.29 is 33.2 Å². The number of aliphatic hydroxyl groups is 1. The lowest BCUT2D eigenvalue weighted by atomic mass is 9.55. The molecule has 1 N–H and O–H groups in total. The van der Waals surface area contributed by atoms with Gasteiger partial charge in [0.15, 0.2) is 11.5 Å². The molecule has 2 aromatic rings. The van der Waals surface area contributed by atoms with Crippen LogP contribution in [-0.4, -0.2) is 61.2 Å². The Morgan fingerprint density at radius 2 is 1.93 bits per heavy atom. The molecule has 3 aliphatic heterocycles. The number of esters is 1. The summed E-state index contributed by atoms with van der Waals surface area (Å²) in [6, 6.07) is 12.4. The first-order chi connectivity index (χ1) is 20.3. The Morgan fingerprint density at radius 1 is 1.12 bits per heavy atom. The molecule has 7 nitrogen and oxygen atoms in total. The molecule has 5 aliphatic rings. The smallest absolute Gasteiger partial charge is 0.311 e. The first kappa shape index (κ1) is 27.7. The molecular weight excluding hydrogens is 537 g/mol. The van der Waals surface area contributed by atoms with Crippen molar-refractivity contribution in [3.8, 4) is 17.2 Å². The minimum Gasteiger partial charge on any atom is -0.493 e. The van der Waals surface area contributed by atoms with Gasteiger partial charge in [0, 0.05) is 42.8 Å². The van der Waals surface area contributed by atoms with E-state index in [0.29, 0.717) is 36.3 Å². The minimum atomic E-state index is -0.615. The fraction of sp³-hybridized carbons (Fsp3) is 0.559. The van der Waals surface area contributed by atoms with E-state index in [4.69, 9.17) is 18.9 Å². The van der Waals surface area contributed by atoms with Crippen LogP contribution in [0.2, 0.25) is 0 Å². The Labute approximate surface area is 246 Å². The van der Waals surface area contributed by atoms with Crippen molar-refractivity contribution in [2.45, 2.75) is 57.7 Å². The number of aliphatic hydroxyl groups excluding tert-OH is 1. The Morgan fingerprint density at radius 3 is 2.76 bits per heavy atom. The summed E-state index contributed by atoms with van der Waals surface area (Å²) in [6.07, 6.45) is 5.05. The first-order valence-corrected chi connectivity index (χ1v) is 15.4. The number of hydrogen-bond donors (Lipinski definition) is 1. The molecule has 2 aromatic carbocycles. The number of hydrogen-bond acceptors (Lipinski definition) is 7. The van der Waals surface area contributed by atoms with Crippen molar-refractivity contribution in [2.24, 2.45) is 29.1 Å². The van der Waals surface area contributed by atoms with Crippen molar-refractivity contribution in [3.05, 3.63) is 65.5 Å². The van der Waals surface area contributed by atoms with Crippen molar-refractivity contribution in [2.75, 3.05) is 33.0 Å². The predicted octanol–water partition coefficient (Wildman–Crippen LogP) is 5.32. The van der Waals surface area contributed by atoms with Crippen molar-refractivity contribution in [3.63, 3.8) is 0 Å². The summed E-state index contributed by atoms with van der Waals surface area (Å²) in [7, 11) is 0. The molecule has 2 saturated heterocycles. The van der Waals surface area contributed by atoms with E-state index in [1.165, 1.54) is 17.7 Å². The van der Waals surface area contributed by atoms with Crippen LogP contribution < -0.4 is 14.2 Å². The monoisotopic (exact) mass is 577 g/mol. The summed E-state index contributed by atoms with van der Waals surface area (Å²) in [5.74, 6) is 1.74. The summed E-state index contributed by atoms with van der Waals surface area (Å²) in [6.45, 7) is 7.17. The number of likely N-dealkylation sites (tertiary alicyclic amines) is 1. The lowest BCUT2D eigenvalue weighted by molar-refractivity contribution is -0.145. The molecule has 8 atom stereocenters. The average Bonchev–Trinajstić information content (AvgIpc) is 3.58. The minimum absolute atomic E-state index is 0.115. The molecule has 0 radical (unpaired) electrons. The number of piperidine rings is 1. The van der Waals surface area contributed by atoms with Crippen LogP contribution in [0.25, 0.3) is 0 Å². The number of allylic oxidation sites excluding steroid dienone is 1. The Bertz CT molecular complexity index is 1360. The first-order valence-electron chi connectivity index (χ1n) is 15.4. The van der Waals surface area contributed by atoms with E-state index in [2.05, 4.69) is 24.8 Å². The van der Waals surface area contributed by atoms with E-state index < -0.39 is 6.10 Å². The van der Waals surface area contributed by atoms with Crippen LogP contribution in [0.1, 0.15) is 51.0 Å². The number of rotatable bonds is 6. The zero-order valence-corrected chi connectivity index (χ0v) is 24.3. The van der Waals surface area contributed by atoms with Gasteiger partial charge in [-0.3, -0.25) is 4.79 Å². The second kappa shape index (κ2) is 10.9. The van der Waals surface area contributed by atoms with Gasteiger partial charge in [0.2, 0.25) is 6.79 Å². The van der Waals surface area contributed by atoms with E-state index in [9.17, 15) is 14.3 Å². The van der Waals surface area contributed by atoms with Crippen LogP contribution >= 0.6 is 0 Å². The quantitative estimate of drug-likeness (QED) is 0.368. The fourth-order valence-electron chi connectivity index (χ4n) is 8.31. The topological polar surface area (TPSA) is 77.5 Å². The molecule has 3 heterocycles. The highest BCUT2D eigenvalue weighted by molar-refractivity contribution is 5.76. The number of nitrogens with zero attached hydrogens (tertiary/aromatic N) is 1. The lowest BCUT2D eigenvalue weighted by Gasteiger charge is -2.52. The highest BCUT2D eigenvalue weighted by Crippen LogP contribution is 2.56. The highest BCUT2D eigenvalue weighted by atomic mass is 19.1. The van der Waals surface area contributed by atoms with Crippen LogP contribution in [0.5, 0.6) is 17.2 Å². The van der Waals surface area contributed by atoms with Gasteiger partial charge in [-0.25, -0.2) is 4.39 Å². The van der Waals surface area contributed by atoms with Gasteiger partial charge < -0.3 is 29.0 Å². The summed E-state index contributed by atoms with van der Waals surface area (Å²) in [5, 5.41) is 11.8. The molecule has 0 amide bonds. The number of fused-ring (bicyclic) bond motifs is 3. The second-order valence-electron chi connectivity index (χ2n) is 13.1. The van der Waals surface area contributed by atoms with Gasteiger partial charge in [0.05, 0.1) is 18.6 Å². The highest BCUT2D eigenvalue weighted by Gasteiger charge is 2.60. The molecule has 2 aliphatic carbocycles. The Hall–Kier alpha value is -3.10. The number of ether oxygens (including phenoxy) is 4. The normalized spacial score (nSPS) is 35.7. The van der Waals surface area contributed by atoms with Crippen LogP contribution in [0.3, 0.4) is 0 Å². The SMILES string of the molecule is CC1CCC=C2CC3OC(=O)C(CN4CCC(c5ccc(F)cc5)C(COc5ccc6c(c5)OCO6)C4)C3C(O)C21C. The van der Waals surface area contributed by atoms with Crippen molar-refractivity contribution in [1.29, 1.82) is 0 Å². The molecule has 0 bridgehead atoms. The van der Waals surface area contributed by atoms with Crippen molar-refractivity contribution in [1.82, 2.24) is 4.90 Å². The molecule has 0 spiro atoms. The summed E-state index contributed by atoms with van der Waals surface area (Å²) < 4.78 is 36.9. The van der Waals surface area contributed by atoms with Crippen LogP contribution in [0.4, 0.5) is 4.39 Å².